The van der Waals surface area contributed by atoms with Crippen molar-refractivity contribution in [2.45, 2.75) is 6.92 Å². The van der Waals surface area contributed by atoms with E-state index in [0.717, 1.165) is 5.52 Å². The molecule has 0 amide bonds. The van der Waals surface area contributed by atoms with Gasteiger partial charge in [-0.15, -0.1) is 0 Å². The van der Waals surface area contributed by atoms with Crippen LogP contribution in [0.2, 0.25) is 5.02 Å². The van der Waals surface area contributed by atoms with Gasteiger partial charge in [-0.05, 0) is 19.1 Å². The molecule has 15 heavy (non-hydrogen) atoms. The number of carbonyl (C=O) groups is 1. The molecule has 5 heteroatoms. The Balaban J connectivity index is 2.49. The monoisotopic (exact) mass is 224 g/mol. The van der Waals surface area contributed by atoms with Crippen LogP contribution in [-0.2, 0) is 4.74 Å². The molecule has 0 saturated heterocycles. The van der Waals surface area contributed by atoms with Gasteiger partial charge in [0.2, 0.25) is 5.82 Å². The van der Waals surface area contributed by atoms with Gasteiger partial charge >= 0.3 is 5.97 Å². The highest BCUT2D eigenvalue weighted by atomic mass is 35.5. The third-order valence-electron chi connectivity index (χ3n) is 1.95. The molecule has 0 aliphatic carbocycles. The molecular formula is C10H9ClN2O2. The molecule has 0 fully saturated rings. The molecular weight excluding hydrogens is 216 g/mol. The average molecular weight is 225 g/mol. The lowest BCUT2D eigenvalue weighted by Gasteiger charge is -2.00. The van der Waals surface area contributed by atoms with Crippen LogP contribution in [0.1, 0.15) is 17.5 Å². The van der Waals surface area contributed by atoms with Crippen molar-refractivity contribution >= 4 is 23.1 Å². The van der Waals surface area contributed by atoms with Gasteiger partial charge in [0, 0.05) is 11.2 Å². The van der Waals surface area contributed by atoms with E-state index in [0.29, 0.717) is 11.6 Å². The van der Waals surface area contributed by atoms with E-state index < -0.39 is 5.97 Å². The van der Waals surface area contributed by atoms with E-state index >= 15 is 0 Å². The molecule has 0 atom stereocenters. The van der Waals surface area contributed by atoms with Gasteiger partial charge in [-0.25, -0.2) is 9.78 Å². The maximum absolute atomic E-state index is 11.5. The summed E-state index contributed by atoms with van der Waals surface area (Å²) in [7, 11) is 0. The lowest BCUT2D eigenvalue weighted by atomic mass is 10.4. The minimum atomic E-state index is -0.431. The number of ether oxygens (including phenoxy) is 1. The molecule has 2 aromatic heterocycles. The smallest absolute Gasteiger partial charge is 0.374 e. The third kappa shape index (κ3) is 1.80. The molecule has 0 unspecified atom stereocenters. The summed E-state index contributed by atoms with van der Waals surface area (Å²) in [6.07, 6.45) is 3.27. The number of halogens is 1. The van der Waals surface area contributed by atoms with Crippen molar-refractivity contribution in [1.82, 2.24) is 9.38 Å². The summed E-state index contributed by atoms with van der Waals surface area (Å²) < 4.78 is 6.51. The maximum Gasteiger partial charge on any atom is 0.374 e. The largest absolute Gasteiger partial charge is 0.460 e. The Labute approximate surface area is 91.4 Å². The van der Waals surface area contributed by atoms with Gasteiger partial charge in [0.15, 0.2) is 0 Å². The Morgan fingerprint density at radius 2 is 2.47 bits per heavy atom. The van der Waals surface area contributed by atoms with Crippen molar-refractivity contribution in [3.8, 4) is 0 Å². The number of nitrogens with zero attached hydrogens (tertiary/aromatic N) is 2. The van der Waals surface area contributed by atoms with E-state index in [-0.39, 0.29) is 5.82 Å². The molecule has 4 nitrogen and oxygen atoms in total. The summed E-state index contributed by atoms with van der Waals surface area (Å²) in [6, 6.07) is 3.43. The van der Waals surface area contributed by atoms with Gasteiger partial charge in [0.1, 0.15) is 0 Å². The second kappa shape index (κ2) is 3.90. The summed E-state index contributed by atoms with van der Waals surface area (Å²) in [5.41, 5.74) is 0.769. The van der Waals surface area contributed by atoms with E-state index in [1.807, 2.05) is 0 Å². The summed E-state index contributed by atoms with van der Waals surface area (Å²) >= 11 is 5.81. The predicted molar refractivity (Wildman–Crippen MR) is 56.2 cm³/mol. The van der Waals surface area contributed by atoms with E-state index in [9.17, 15) is 4.79 Å². The lowest BCUT2D eigenvalue weighted by Crippen LogP contribution is -2.09. The minimum absolute atomic E-state index is 0.267. The highest BCUT2D eigenvalue weighted by Crippen LogP contribution is 2.14. The number of fused-ring (bicyclic) bond motifs is 1. The molecule has 0 N–H and O–H groups in total. The average Bonchev–Trinajstić information content (AvgIpc) is 2.60. The van der Waals surface area contributed by atoms with Crippen molar-refractivity contribution in [2.24, 2.45) is 0 Å². The zero-order chi connectivity index (χ0) is 10.8. The van der Waals surface area contributed by atoms with E-state index in [2.05, 4.69) is 4.98 Å². The third-order valence-corrected chi connectivity index (χ3v) is 2.19. The zero-order valence-corrected chi connectivity index (χ0v) is 8.86. The van der Waals surface area contributed by atoms with Crippen molar-refractivity contribution in [3.05, 3.63) is 35.4 Å². The number of pyridine rings is 1. The normalized spacial score (nSPS) is 10.5. The standard InChI is InChI=1S/C10H9ClN2O2/c1-2-15-10(14)9-12-6-8-5-7(11)3-4-13(8)9/h3-6H,2H2,1H3. The first-order valence-corrected chi connectivity index (χ1v) is 4.90. The number of hydrogen-bond donors (Lipinski definition) is 0. The molecule has 0 spiro atoms. The molecule has 0 aliphatic heterocycles. The second-order valence-electron chi connectivity index (χ2n) is 2.94. The second-order valence-corrected chi connectivity index (χ2v) is 3.38. The van der Waals surface area contributed by atoms with Gasteiger partial charge in [0.05, 0.1) is 18.3 Å². The fourth-order valence-electron chi connectivity index (χ4n) is 1.32. The van der Waals surface area contributed by atoms with Crippen LogP contribution in [0.15, 0.2) is 24.5 Å². The van der Waals surface area contributed by atoms with Gasteiger partial charge in [-0.3, -0.25) is 4.40 Å². The van der Waals surface area contributed by atoms with Crippen molar-refractivity contribution in [2.75, 3.05) is 6.61 Å². The summed E-state index contributed by atoms with van der Waals surface area (Å²) in [5, 5.41) is 0.609. The van der Waals surface area contributed by atoms with Gasteiger partial charge in [0.25, 0.3) is 0 Å². The fourth-order valence-corrected chi connectivity index (χ4v) is 1.49. The van der Waals surface area contributed by atoms with Gasteiger partial charge in [-0.2, -0.15) is 0 Å². The molecule has 2 aromatic rings. The minimum Gasteiger partial charge on any atom is -0.460 e. The van der Waals surface area contributed by atoms with Crippen LogP contribution in [0, 0.1) is 0 Å². The summed E-state index contributed by atoms with van der Waals surface area (Å²) in [6.45, 7) is 2.09. The molecule has 2 heterocycles. The molecule has 0 bridgehead atoms. The SMILES string of the molecule is CCOC(=O)c1ncc2cc(Cl)ccn12. The lowest BCUT2D eigenvalue weighted by molar-refractivity contribution is 0.0511. The molecule has 0 radical (unpaired) electrons. The van der Waals surface area contributed by atoms with E-state index in [1.54, 1.807) is 35.9 Å². The molecule has 0 aliphatic rings. The number of rotatable bonds is 2. The van der Waals surface area contributed by atoms with Crippen molar-refractivity contribution in [1.29, 1.82) is 0 Å². The number of imidazole rings is 1. The Hall–Kier alpha value is -1.55. The molecule has 0 aromatic carbocycles. The van der Waals surface area contributed by atoms with Crippen LogP contribution in [0.25, 0.3) is 5.52 Å². The van der Waals surface area contributed by atoms with Crippen molar-refractivity contribution < 1.29 is 9.53 Å². The van der Waals surface area contributed by atoms with Crippen LogP contribution < -0.4 is 0 Å². The maximum atomic E-state index is 11.5. The molecule has 2 rings (SSSR count). The van der Waals surface area contributed by atoms with Crippen LogP contribution >= 0.6 is 11.6 Å². The topological polar surface area (TPSA) is 43.6 Å². The van der Waals surface area contributed by atoms with Crippen LogP contribution in [-0.4, -0.2) is 22.0 Å². The Morgan fingerprint density at radius 3 is 3.20 bits per heavy atom. The van der Waals surface area contributed by atoms with Crippen molar-refractivity contribution in [3.63, 3.8) is 0 Å². The highest BCUT2D eigenvalue weighted by molar-refractivity contribution is 6.30. The summed E-state index contributed by atoms with van der Waals surface area (Å²) in [5.74, 6) is -0.164. The molecule has 0 saturated carbocycles. The Bertz CT molecular complexity index is 507. The van der Waals surface area contributed by atoms with Crippen LogP contribution in [0.5, 0.6) is 0 Å². The van der Waals surface area contributed by atoms with E-state index in [1.165, 1.54) is 0 Å². The first-order valence-electron chi connectivity index (χ1n) is 4.52. The first kappa shape index (κ1) is 9.98. The Morgan fingerprint density at radius 1 is 1.67 bits per heavy atom. The van der Waals surface area contributed by atoms with Crippen LogP contribution in [0.3, 0.4) is 0 Å². The van der Waals surface area contributed by atoms with E-state index in [4.69, 9.17) is 16.3 Å². The highest BCUT2D eigenvalue weighted by Gasteiger charge is 2.13. The Kier molecular flexibility index (Phi) is 2.60. The summed E-state index contributed by atoms with van der Waals surface area (Å²) in [4.78, 5) is 15.5. The number of hydrogen-bond acceptors (Lipinski definition) is 3. The van der Waals surface area contributed by atoms with Gasteiger partial charge in [-0.1, -0.05) is 11.6 Å². The molecule has 78 valence electrons. The predicted octanol–water partition coefficient (Wildman–Crippen LogP) is 2.16. The quantitative estimate of drug-likeness (QED) is 0.735. The number of aromatic nitrogens is 2. The number of carbonyl (C=O) groups excluding carboxylic acids is 1. The van der Waals surface area contributed by atoms with Crippen LogP contribution in [0.4, 0.5) is 0 Å². The zero-order valence-electron chi connectivity index (χ0n) is 8.11. The first-order chi connectivity index (χ1) is 7.22. The number of esters is 1. The fraction of sp³-hybridized carbons (Fsp3) is 0.200. The van der Waals surface area contributed by atoms with Gasteiger partial charge < -0.3 is 4.74 Å².